The van der Waals surface area contributed by atoms with E-state index in [1.807, 2.05) is 37.5 Å². The summed E-state index contributed by atoms with van der Waals surface area (Å²) >= 11 is 0. The predicted molar refractivity (Wildman–Crippen MR) is 143 cm³/mol. The summed E-state index contributed by atoms with van der Waals surface area (Å²) < 4.78 is 19.3. The largest absolute Gasteiger partial charge is 0.462 e. The molecule has 0 saturated carbocycles. The van der Waals surface area contributed by atoms with Crippen molar-refractivity contribution < 1.29 is 18.9 Å². The highest BCUT2D eigenvalue weighted by atomic mass is 31.2. The van der Waals surface area contributed by atoms with Gasteiger partial charge in [-0.2, -0.15) is 0 Å². The number of nitrogens with one attached hydrogen (secondary N) is 1. The molecule has 0 fully saturated rings. The number of fused-ring (bicyclic) bond motifs is 2. The number of ether oxygens (including phenoxy) is 2. The molecule has 11 nitrogen and oxygen atoms in total. The van der Waals surface area contributed by atoms with Crippen LogP contribution in [0.5, 0.6) is 0 Å². The first-order valence-corrected chi connectivity index (χ1v) is 13.9. The number of nitrogen functional groups attached to an aromatic ring is 1. The Morgan fingerprint density at radius 1 is 1.19 bits per heavy atom. The number of carbonyl (C=O) groups is 1. The van der Waals surface area contributed by atoms with Crippen molar-refractivity contribution in [3.8, 4) is 0 Å². The number of carbonyl (C=O) groups excluding carboxylic acids is 1. The number of rotatable bonds is 11. The van der Waals surface area contributed by atoms with Gasteiger partial charge in [-0.05, 0) is 52.5 Å². The number of hydrogen-bond acceptors (Lipinski definition) is 10. The van der Waals surface area contributed by atoms with Crippen molar-refractivity contribution >= 4 is 37.0 Å². The molecule has 0 radical (unpaired) electrons. The van der Waals surface area contributed by atoms with Crippen LogP contribution in [0.2, 0.25) is 0 Å². The second-order valence-electron chi connectivity index (χ2n) is 9.28. The second-order valence-corrected chi connectivity index (χ2v) is 10.7. The molecule has 37 heavy (non-hydrogen) atoms. The van der Waals surface area contributed by atoms with Gasteiger partial charge in [0.1, 0.15) is 24.2 Å². The van der Waals surface area contributed by atoms with E-state index in [0.29, 0.717) is 23.5 Å². The average molecular weight is 528 g/mol. The molecule has 4 rings (SSSR count). The lowest BCUT2D eigenvalue weighted by atomic mass is 9.90. The Labute approximate surface area is 217 Å². The highest BCUT2D eigenvalue weighted by Gasteiger charge is 2.24. The summed E-state index contributed by atoms with van der Waals surface area (Å²) in [6.45, 7) is 7.84. The molecule has 0 amide bonds. The highest BCUT2D eigenvalue weighted by molar-refractivity contribution is 7.50. The van der Waals surface area contributed by atoms with Gasteiger partial charge in [0.15, 0.2) is 11.5 Å². The first kappa shape index (κ1) is 26.9. The zero-order chi connectivity index (χ0) is 26.4. The number of nitrogens with zero attached hydrogens (tertiary/aromatic N) is 5. The van der Waals surface area contributed by atoms with Crippen LogP contribution < -0.4 is 10.8 Å². The summed E-state index contributed by atoms with van der Waals surface area (Å²) in [4.78, 5) is 25.0. The zero-order valence-corrected chi connectivity index (χ0v) is 22.5. The number of aryl methyl sites for hydroxylation is 1. The van der Waals surface area contributed by atoms with Crippen molar-refractivity contribution in [2.45, 2.75) is 71.8 Å². The Hall–Kier alpha value is -3.14. The lowest BCUT2D eigenvalue weighted by Crippen LogP contribution is -2.34. The molecule has 1 aliphatic rings. The molecule has 3 aromatic rings. The first-order chi connectivity index (χ1) is 17.8. The van der Waals surface area contributed by atoms with Crippen LogP contribution in [0.4, 0.5) is 5.82 Å². The van der Waals surface area contributed by atoms with Crippen LogP contribution in [-0.2, 0) is 31.9 Å². The number of hydrogen-bond donors (Lipinski definition) is 2. The van der Waals surface area contributed by atoms with E-state index in [2.05, 4.69) is 37.3 Å². The molecule has 1 aromatic carbocycles. The van der Waals surface area contributed by atoms with Crippen LogP contribution in [-0.4, -0.2) is 55.8 Å². The smallest absolute Gasteiger partial charge is 0.323 e. The van der Waals surface area contributed by atoms with E-state index >= 15 is 0 Å². The molecule has 0 bridgehead atoms. The summed E-state index contributed by atoms with van der Waals surface area (Å²) in [6.07, 6.45) is 5.77. The number of esters is 1. The minimum absolute atomic E-state index is 0.204. The van der Waals surface area contributed by atoms with Gasteiger partial charge in [0, 0.05) is 5.56 Å². The van der Waals surface area contributed by atoms with Gasteiger partial charge in [-0.15, -0.1) is 0 Å². The average Bonchev–Trinajstić information content (AvgIpc) is 3.29. The van der Waals surface area contributed by atoms with Crippen molar-refractivity contribution in [1.82, 2.24) is 24.6 Å². The molecule has 2 aromatic heterocycles. The predicted octanol–water partition coefficient (Wildman–Crippen LogP) is 3.77. The van der Waals surface area contributed by atoms with Crippen molar-refractivity contribution in [3.05, 3.63) is 48.0 Å². The maximum atomic E-state index is 12.4. The fourth-order valence-corrected chi connectivity index (χ4v) is 5.33. The highest BCUT2D eigenvalue weighted by Crippen LogP contribution is 2.35. The molecule has 1 aliphatic carbocycles. The minimum Gasteiger partial charge on any atom is -0.462 e. The van der Waals surface area contributed by atoms with Gasteiger partial charge >= 0.3 is 5.97 Å². The Morgan fingerprint density at radius 2 is 2.00 bits per heavy atom. The van der Waals surface area contributed by atoms with Crippen molar-refractivity contribution in [2.24, 2.45) is 5.16 Å². The molecule has 0 spiro atoms. The summed E-state index contributed by atoms with van der Waals surface area (Å²) in [6, 6.07) is 7.66. The van der Waals surface area contributed by atoms with E-state index < -0.39 is 14.3 Å². The molecule has 1 unspecified atom stereocenters. The topological polar surface area (TPSA) is 139 Å². The van der Waals surface area contributed by atoms with Crippen LogP contribution in [0.3, 0.4) is 0 Å². The van der Waals surface area contributed by atoms with Crippen molar-refractivity contribution in [2.75, 3.05) is 12.1 Å². The number of oxime groups is 1. The monoisotopic (exact) mass is 527 g/mol. The number of benzene rings is 1. The number of imidazole rings is 1. The summed E-state index contributed by atoms with van der Waals surface area (Å²) in [5, 5.41) is 7.72. The molecule has 3 atom stereocenters. The van der Waals surface area contributed by atoms with Crippen LogP contribution >= 0.6 is 8.30 Å². The van der Waals surface area contributed by atoms with E-state index in [0.717, 1.165) is 30.5 Å². The zero-order valence-electron chi connectivity index (χ0n) is 21.6. The van der Waals surface area contributed by atoms with E-state index in [1.165, 1.54) is 11.9 Å². The Morgan fingerprint density at radius 3 is 2.81 bits per heavy atom. The number of anilines is 1. The first-order valence-electron chi connectivity index (χ1n) is 12.4. The lowest BCUT2D eigenvalue weighted by Gasteiger charge is -2.23. The summed E-state index contributed by atoms with van der Waals surface area (Å²) in [7, 11) is -1.44. The molecule has 12 heteroatoms. The third kappa shape index (κ3) is 7.00. The Kier molecular flexibility index (Phi) is 9.02. The van der Waals surface area contributed by atoms with Gasteiger partial charge in [-0.3, -0.25) is 4.79 Å². The van der Waals surface area contributed by atoms with E-state index in [4.69, 9.17) is 19.8 Å². The van der Waals surface area contributed by atoms with Crippen molar-refractivity contribution in [1.29, 1.82) is 0 Å². The van der Waals surface area contributed by atoms with Gasteiger partial charge in [-0.1, -0.05) is 29.4 Å². The SMILES string of the molecule is CC(C)OC(=O)[C@H](C)NP(CO[C@H](C)Cn1cnc2c(N)ncnc21)O/N=C1\CCCc2ccccc21. The lowest BCUT2D eigenvalue weighted by molar-refractivity contribution is -0.148. The third-order valence-corrected chi connectivity index (χ3v) is 7.18. The molecular formula is C25H34N7O4P. The summed E-state index contributed by atoms with van der Waals surface area (Å²) in [5.41, 5.74) is 10.4. The number of nitrogens with two attached hydrogens (primary N) is 1. The molecule has 0 aliphatic heterocycles. The van der Waals surface area contributed by atoms with Gasteiger partial charge < -0.3 is 24.4 Å². The van der Waals surface area contributed by atoms with Crippen LogP contribution in [0.15, 0.2) is 42.1 Å². The third-order valence-electron chi connectivity index (χ3n) is 5.84. The van der Waals surface area contributed by atoms with E-state index in [-0.39, 0.29) is 24.5 Å². The standard InChI is InChI=1S/C25H34N7O4P/c1-16(2)35-25(33)18(4)31-37(36-30-21-11-7-9-19-8-5-6-10-20(19)21)15-34-17(3)12-32-14-29-22-23(26)27-13-28-24(22)32/h5-6,8,10,13-14,16-18,31H,7,9,11-12,15H2,1-4H3,(H2,26,27,28)/b30-21+/t17-,18+,37?/m1/s1. The normalized spacial score (nSPS) is 16.9. The molecule has 198 valence electrons. The fourth-order valence-electron chi connectivity index (χ4n) is 4.04. The second kappa shape index (κ2) is 12.4. The van der Waals surface area contributed by atoms with Gasteiger partial charge in [0.25, 0.3) is 0 Å². The maximum Gasteiger partial charge on any atom is 0.323 e. The maximum absolute atomic E-state index is 12.4. The Bertz CT molecular complexity index is 1250. The van der Waals surface area contributed by atoms with E-state index in [9.17, 15) is 4.79 Å². The van der Waals surface area contributed by atoms with Crippen LogP contribution in [0.25, 0.3) is 11.2 Å². The molecule has 0 saturated heterocycles. The Balaban J connectivity index is 1.43. The van der Waals surface area contributed by atoms with Gasteiger partial charge in [0.2, 0.25) is 8.30 Å². The van der Waals surface area contributed by atoms with E-state index in [1.54, 1.807) is 13.3 Å². The number of aromatic nitrogens is 4. The summed E-state index contributed by atoms with van der Waals surface area (Å²) in [5.74, 6) is -0.0129. The fraction of sp³-hybridized carbons (Fsp3) is 0.480. The molecule has 3 N–H and O–H groups in total. The van der Waals surface area contributed by atoms with Crippen LogP contribution in [0.1, 0.15) is 51.7 Å². The molecular weight excluding hydrogens is 493 g/mol. The van der Waals surface area contributed by atoms with Crippen LogP contribution in [0, 0.1) is 0 Å². The minimum atomic E-state index is -1.44. The van der Waals surface area contributed by atoms with Crippen molar-refractivity contribution in [3.63, 3.8) is 0 Å². The quantitative estimate of drug-likeness (QED) is 0.217. The molecule has 2 heterocycles. The van der Waals surface area contributed by atoms with Gasteiger partial charge in [0.05, 0.1) is 30.8 Å². The van der Waals surface area contributed by atoms with Gasteiger partial charge in [-0.25, -0.2) is 20.0 Å².